The molecule has 0 aliphatic rings. The molecular formula is C8H19NO. The molecule has 0 unspecified atom stereocenters. The molecule has 0 radical (unpaired) electrons. The van der Waals surface area contributed by atoms with E-state index in [2.05, 4.69) is 27.7 Å². The van der Waals surface area contributed by atoms with Crippen LogP contribution in [0.15, 0.2) is 0 Å². The third-order valence-electron chi connectivity index (χ3n) is 1.37. The highest BCUT2D eigenvalue weighted by Crippen LogP contribution is 2.18. The van der Waals surface area contributed by atoms with Crippen LogP contribution in [0.5, 0.6) is 0 Å². The number of rotatable bonds is 4. The first-order valence-electron chi connectivity index (χ1n) is 3.82. The molecule has 62 valence electrons. The molecule has 10 heavy (non-hydrogen) atoms. The van der Waals surface area contributed by atoms with Gasteiger partial charge in [0.25, 0.3) is 0 Å². The molecule has 0 bridgehead atoms. The van der Waals surface area contributed by atoms with E-state index in [4.69, 9.17) is 10.5 Å². The van der Waals surface area contributed by atoms with Crippen molar-refractivity contribution in [3.8, 4) is 0 Å². The minimum Gasteiger partial charge on any atom is -0.361 e. The van der Waals surface area contributed by atoms with Crippen LogP contribution in [0.2, 0.25) is 0 Å². The van der Waals surface area contributed by atoms with Crippen LogP contribution in [0.25, 0.3) is 0 Å². The molecule has 0 aliphatic heterocycles. The Hall–Kier alpha value is -0.0800. The minimum absolute atomic E-state index is 0.0527. The van der Waals surface area contributed by atoms with Crippen molar-refractivity contribution in [1.29, 1.82) is 0 Å². The van der Waals surface area contributed by atoms with Gasteiger partial charge in [-0.1, -0.05) is 13.8 Å². The van der Waals surface area contributed by atoms with Gasteiger partial charge >= 0.3 is 0 Å². The molecule has 0 saturated heterocycles. The Kier molecular flexibility index (Phi) is 3.91. The average Bonchev–Trinajstić information content (AvgIpc) is 1.59. The highest BCUT2D eigenvalue weighted by Gasteiger charge is 2.18. The van der Waals surface area contributed by atoms with Gasteiger partial charge in [0.05, 0.1) is 12.3 Å². The van der Waals surface area contributed by atoms with Crippen molar-refractivity contribution in [2.45, 2.75) is 39.7 Å². The van der Waals surface area contributed by atoms with Crippen LogP contribution in [0.1, 0.15) is 34.1 Å². The predicted molar refractivity (Wildman–Crippen MR) is 43.7 cm³/mol. The zero-order valence-electron chi connectivity index (χ0n) is 7.48. The molecule has 0 aromatic heterocycles. The molecule has 0 atom stereocenters. The summed E-state index contributed by atoms with van der Waals surface area (Å²) in [5.74, 6) is 0.668. The molecule has 0 saturated carbocycles. The van der Waals surface area contributed by atoms with E-state index in [-0.39, 0.29) is 5.60 Å². The van der Waals surface area contributed by atoms with Crippen LogP contribution < -0.4 is 5.73 Å². The first-order valence-corrected chi connectivity index (χ1v) is 3.82. The van der Waals surface area contributed by atoms with Crippen LogP contribution in [0, 0.1) is 5.92 Å². The van der Waals surface area contributed by atoms with E-state index in [9.17, 15) is 0 Å². The summed E-state index contributed by atoms with van der Waals surface area (Å²) in [5.41, 5.74) is 5.22. The van der Waals surface area contributed by atoms with Gasteiger partial charge in [0.15, 0.2) is 0 Å². The maximum absolute atomic E-state index is 5.32. The average molecular weight is 145 g/mol. The van der Waals surface area contributed by atoms with Crippen molar-refractivity contribution in [2.75, 3.05) is 6.73 Å². The normalized spacial score (nSPS) is 12.6. The molecule has 2 heteroatoms. The molecule has 0 spiro atoms. The van der Waals surface area contributed by atoms with Gasteiger partial charge in [-0.2, -0.15) is 0 Å². The Bertz CT molecular complexity index is 89.3. The molecule has 0 fully saturated rings. The van der Waals surface area contributed by atoms with Gasteiger partial charge in [0.2, 0.25) is 0 Å². The summed E-state index contributed by atoms with van der Waals surface area (Å²) in [6, 6.07) is 0. The maximum Gasteiger partial charge on any atom is 0.0947 e. The number of nitrogens with two attached hydrogens (primary N) is 1. The molecule has 0 amide bonds. The standard InChI is InChI=1S/C8H19NO/c1-7(2)5-8(3,4)10-6-9/h7H,5-6,9H2,1-4H3. The van der Waals surface area contributed by atoms with Crippen molar-refractivity contribution < 1.29 is 4.74 Å². The Balaban J connectivity index is 3.63. The summed E-state index contributed by atoms with van der Waals surface area (Å²) in [7, 11) is 0. The smallest absolute Gasteiger partial charge is 0.0947 e. The third kappa shape index (κ3) is 4.77. The third-order valence-corrected chi connectivity index (χ3v) is 1.37. The van der Waals surface area contributed by atoms with Crippen LogP contribution in [0.4, 0.5) is 0 Å². The van der Waals surface area contributed by atoms with Gasteiger partial charge in [-0.15, -0.1) is 0 Å². The zero-order chi connectivity index (χ0) is 8.20. The number of hydrogen-bond acceptors (Lipinski definition) is 2. The summed E-state index contributed by atoms with van der Waals surface area (Å²) in [6.45, 7) is 8.82. The van der Waals surface area contributed by atoms with E-state index in [1.165, 1.54) is 0 Å². The summed E-state index contributed by atoms with van der Waals surface area (Å²) >= 11 is 0. The second kappa shape index (κ2) is 3.94. The van der Waals surface area contributed by atoms with Crippen molar-refractivity contribution in [1.82, 2.24) is 0 Å². The van der Waals surface area contributed by atoms with Crippen molar-refractivity contribution in [2.24, 2.45) is 11.7 Å². The Morgan fingerprint density at radius 1 is 1.40 bits per heavy atom. The Labute approximate surface area is 63.7 Å². The van der Waals surface area contributed by atoms with E-state index >= 15 is 0 Å². The fraction of sp³-hybridized carbons (Fsp3) is 1.00. The van der Waals surface area contributed by atoms with E-state index < -0.39 is 0 Å². The lowest BCUT2D eigenvalue weighted by molar-refractivity contribution is -0.0280. The SMILES string of the molecule is CC(C)CC(C)(C)OCN. The van der Waals surface area contributed by atoms with Gasteiger partial charge in [-0.3, -0.25) is 0 Å². The fourth-order valence-electron chi connectivity index (χ4n) is 1.27. The van der Waals surface area contributed by atoms with Crippen LogP contribution in [0.3, 0.4) is 0 Å². The van der Waals surface area contributed by atoms with Crippen molar-refractivity contribution in [3.05, 3.63) is 0 Å². The predicted octanol–water partition coefficient (Wildman–Crippen LogP) is 1.74. The Morgan fingerprint density at radius 2 is 1.90 bits per heavy atom. The highest BCUT2D eigenvalue weighted by molar-refractivity contribution is 4.69. The number of ether oxygens (including phenoxy) is 1. The largest absolute Gasteiger partial charge is 0.361 e. The van der Waals surface area contributed by atoms with Crippen molar-refractivity contribution >= 4 is 0 Å². The first-order chi connectivity index (χ1) is 4.48. The highest BCUT2D eigenvalue weighted by atomic mass is 16.5. The lowest BCUT2D eigenvalue weighted by atomic mass is 9.96. The summed E-state index contributed by atoms with van der Waals surface area (Å²) < 4.78 is 5.32. The fourth-order valence-corrected chi connectivity index (χ4v) is 1.27. The Morgan fingerprint density at radius 3 is 2.20 bits per heavy atom. The van der Waals surface area contributed by atoms with Gasteiger partial charge in [-0.05, 0) is 26.2 Å². The monoisotopic (exact) mass is 145 g/mol. The molecule has 2 N–H and O–H groups in total. The molecule has 0 aliphatic carbocycles. The quantitative estimate of drug-likeness (QED) is 0.612. The second-order valence-electron chi connectivity index (χ2n) is 3.67. The molecule has 0 rings (SSSR count). The topological polar surface area (TPSA) is 35.2 Å². The van der Waals surface area contributed by atoms with Gasteiger partial charge in [0.1, 0.15) is 0 Å². The summed E-state index contributed by atoms with van der Waals surface area (Å²) in [4.78, 5) is 0. The van der Waals surface area contributed by atoms with Crippen LogP contribution >= 0.6 is 0 Å². The first kappa shape index (κ1) is 9.92. The summed E-state index contributed by atoms with van der Waals surface area (Å²) in [5, 5.41) is 0. The molecule has 0 heterocycles. The minimum atomic E-state index is -0.0527. The molecular weight excluding hydrogens is 126 g/mol. The van der Waals surface area contributed by atoms with Crippen molar-refractivity contribution in [3.63, 3.8) is 0 Å². The molecule has 0 aromatic carbocycles. The summed E-state index contributed by atoms with van der Waals surface area (Å²) in [6.07, 6.45) is 1.06. The van der Waals surface area contributed by atoms with E-state index in [0.717, 1.165) is 6.42 Å². The zero-order valence-corrected chi connectivity index (χ0v) is 7.48. The molecule has 2 nitrogen and oxygen atoms in total. The second-order valence-corrected chi connectivity index (χ2v) is 3.67. The maximum atomic E-state index is 5.32. The van der Waals surface area contributed by atoms with Gasteiger partial charge in [0, 0.05) is 0 Å². The number of hydrogen-bond donors (Lipinski definition) is 1. The van der Waals surface area contributed by atoms with Crippen LogP contribution in [-0.4, -0.2) is 12.3 Å². The van der Waals surface area contributed by atoms with E-state index in [0.29, 0.717) is 12.6 Å². The van der Waals surface area contributed by atoms with E-state index in [1.54, 1.807) is 0 Å². The molecule has 0 aromatic rings. The lowest BCUT2D eigenvalue weighted by Gasteiger charge is -2.26. The van der Waals surface area contributed by atoms with Gasteiger partial charge in [-0.25, -0.2) is 0 Å². The van der Waals surface area contributed by atoms with E-state index in [1.807, 2.05) is 0 Å². The lowest BCUT2D eigenvalue weighted by Crippen LogP contribution is -2.29. The van der Waals surface area contributed by atoms with Crippen LogP contribution in [-0.2, 0) is 4.74 Å². The van der Waals surface area contributed by atoms with Gasteiger partial charge < -0.3 is 10.5 Å².